The number of nitrogens with zero attached hydrogens (tertiary/aromatic N) is 1. The summed E-state index contributed by atoms with van der Waals surface area (Å²) >= 11 is 0. The van der Waals surface area contributed by atoms with Crippen LogP contribution in [0.4, 0.5) is 5.69 Å². The number of hydrogen-bond donors (Lipinski definition) is 2. The maximum atomic E-state index is 12.3. The van der Waals surface area contributed by atoms with Gasteiger partial charge in [0.05, 0.1) is 12.0 Å². The van der Waals surface area contributed by atoms with Gasteiger partial charge in [-0.3, -0.25) is 9.59 Å². The van der Waals surface area contributed by atoms with Crippen molar-refractivity contribution < 1.29 is 23.5 Å². The Kier molecular flexibility index (Phi) is 4.98. The first-order chi connectivity index (χ1) is 14.1. The first-order valence-electron chi connectivity index (χ1n) is 8.80. The number of hydrazone groups is 1. The average Bonchev–Trinajstić information content (AvgIpc) is 3.43. The second kappa shape index (κ2) is 7.89. The SMILES string of the molecule is C/C(=N/NC(=O)c1ccc2c(c1)OCO2)c1ccc(NC(=O)c2ccco2)cc1. The molecular formula is C21H17N3O5. The molecule has 0 fully saturated rings. The van der Waals surface area contributed by atoms with E-state index in [1.807, 2.05) is 0 Å². The highest BCUT2D eigenvalue weighted by atomic mass is 16.7. The summed E-state index contributed by atoms with van der Waals surface area (Å²) in [6.07, 6.45) is 1.44. The van der Waals surface area contributed by atoms with Crippen molar-refractivity contribution in [2.45, 2.75) is 6.92 Å². The molecule has 3 aromatic rings. The molecule has 1 aromatic heterocycles. The molecule has 29 heavy (non-hydrogen) atoms. The third-order valence-corrected chi connectivity index (χ3v) is 4.27. The molecule has 2 N–H and O–H groups in total. The van der Waals surface area contributed by atoms with Crippen molar-refractivity contribution in [3.05, 3.63) is 77.7 Å². The number of nitrogens with one attached hydrogen (secondary N) is 2. The van der Waals surface area contributed by atoms with Crippen molar-refractivity contribution in [1.82, 2.24) is 5.43 Å². The lowest BCUT2D eigenvalue weighted by Crippen LogP contribution is -2.19. The third-order valence-electron chi connectivity index (χ3n) is 4.27. The predicted molar refractivity (Wildman–Crippen MR) is 105 cm³/mol. The third kappa shape index (κ3) is 4.11. The number of furan rings is 1. The number of benzene rings is 2. The van der Waals surface area contributed by atoms with Crippen LogP contribution in [-0.4, -0.2) is 24.3 Å². The highest BCUT2D eigenvalue weighted by Crippen LogP contribution is 2.32. The Labute approximate surface area is 166 Å². The summed E-state index contributed by atoms with van der Waals surface area (Å²) in [5, 5.41) is 6.88. The fraction of sp³-hybridized carbons (Fsp3) is 0.0952. The standard InChI is InChI=1S/C21H17N3O5/c1-13(23-24-20(25)15-6-9-17-19(11-15)29-12-28-17)14-4-7-16(8-5-14)22-21(26)18-3-2-10-27-18/h2-11H,12H2,1H3,(H,22,26)(H,24,25)/b23-13-. The molecule has 0 saturated carbocycles. The molecule has 0 aliphatic carbocycles. The van der Waals surface area contributed by atoms with Gasteiger partial charge in [-0.2, -0.15) is 5.10 Å². The van der Waals surface area contributed by atoms with Gasteiger partial charge in [0, 0.05) is 11.3 Å². The molecule has 2 heterocycles. The van der Waals surface area contributed by atoms with Crippen LogP contribution in [0.5, 0.6) is 11.5 Å². The zero-order valence-corrected chi connectivity index (χ0v) is 15.5. The van der Waals surface area contributed by atoms with Crippen LogP contribution in [0.1, 0.15) is 33.4 Å². The molecule has 8 heteroatoms. The summed E-state index contributed by atoms with van der Waals surface area (Å²) in [6, 6.07) is 15.3. The summed E-state index contributed by atoms with van der Waals surface area (Å²) in [5.41, 5.74) is 4.97. The van der Waals surface area contributed by atoms with Crippen molar-refractivity contribution in [1.29, 1.82) is 0 Å². The molecule has 4 rings (SSSR count). The number of rotatable bonds is 5. The van der Waals surface area contributed by atoms with Gasteiger partial charge in [0.15, 0.2) is 17.3 Å². The first-order valence-corrected chi connectivity index (χ1v) is 8.80. The highest BCUT2D eigenvalue weighted by Gasteiger charge is 2.16. The Balaban J connectivity index is 1.38. The first kappa shape index (κ1) is 18.3. The van der Waals surface area contributed by atoms with Crippen LogP contribution < -0.4 is 20.2 Å². The molecule has 146 valence electrons. The van der Waals surface area contributed by atoms with Gasteiger partial charge >= 0.3 is 0 Å². The summed E-state index contributed by atoms with van der Waals surface area (Å²) in [4.78, 5) is 24.3. The van der Waals surface area contributed by atoms with Crippen LogP contribution in [0, 0.1) is 0 Å². The summed E-state index contributed by atoms with van der Waals surface area (Å²) in [5.74, 6) is 0.693. The zero-order chi connectivity index (χ0) is 20.2. The van der Waals surface area contributed by atoms with Gasteiger partial charge in [0.1, 0.15) is 0 Å². The minimum atomic E-state index is -0.356. The number of hydrogen-bond acceptors (Lipinski definition) is 6. The van der Waals surface area contributed by atoms with Crippen LogP contribution in [-0.2, 0) is 0 Å². The lowest BCUT2D eigenvalue weighted by Gasteiger charge is -2.06. The molecule has 0 saturated heterocycles. The second-order valence-electron chi connectivity index (χ2n) is 6.21. The molecule has 1 aliphatic rings. The van der Waals surface area contributed by atoms with Crippen LogP contribution in [0.25, 0.3) is 0 Å². The molecule has 0 bridgehead atoms. The van der Waals surface area contributed by atoms with E-state index in [1.54, 1.807) is 61.5 Å². The fourth-order valence-corrected chi connectivity index (χ4v) is 2.70. The molecule has 0 radical (unpaired) electrons. The lowest BCUT2D eigenvalue weighted by molar-refractivity contribution is 0.0953. The largest absolute Gasteiger partial charge is 0.459 e. The predicted octanol–water partition coefficient (Wildman–Crippen LogP) is 3.41. The molecular weight excluding hydrogens is 374 g/mol. The smallest absolute Gasteiger partial charge is 0.291 e. The van der Waals surface area contributed by atoms with E-state index >= 15 is 0 Å². The Hall–Kier alpha value is -4.07. The van der Waals surface area contributed by atoms with Gasteiger partial charge in [0.25, 0.3) is 11.8 Å². The van der Waals surface area contributed by atoms with Crippen molar-refractivity contribution >= 4 is 23.2 Å². The van der Waals surface area contributed by atoms with E-state index in [9.17, 15) is 9.59 Å². The normalized spacial score (nSPS) is 12.5. The van der Waals surface area contributed by atoms with E-state index in [4.69, 9.17) is 13.9 Å². The number of anilines is 1. The lowest BCUT2D eigenvalue weighted by atomic mass is 10.1. The van der Waals surface area contributed by atoms with Crippen LogP contribution in [0.2, 0.25) is 0 Å². The number of carbonyl (C=O) groups is 2. The molecule has 1 aliphatic heterocycles. The van der Waals surface area contributed by atoms with E-state index in [0.29, 0.717) is 28.5 Å². The second-order valence-corrected chi connectivity index (χ2v) is 6.21. The van der Waals surface area contributed by atoms with Gasteiger partial charge < -0.3 is 19.2 Å². The molecule has 0 unspecified atom stereocenters. The van der Waals surface area contributed by atoms with E-state index in [-0.39, 0.29) is 24.4 Å². The van der Waals surface area contributed by atoms with Crippen LogP contribution >= 0.6 is 0 Å². The van der Waals surface area contributed by atoms with Gasteiger partial charge in [0.2, 0.25) is 6.79 Å². The van der Waals surface area contributed by atoms with Crippen molar-refractivity contribution in [3.8, 4) is 11.5 Å². The molecule has 8 nitrogen and oxygen atoms in total. The minimum Gasteiger partial charge on any atom is -0.459 e. The molecule has 2 aromatic carbocycles. The van der Waals surface area contributed by atoms with Crippen molar-refractivity contribution in [2.24, 2.45) is 5.10 Å². The summed E-state index contributed by atoms with van der Waals surface area (Å²) in [7, 11) is 0. The van der Waals surface area contributed by atoms with Gasteiger partial charge in [-0.25, -0.2) is 5.43 Å². The van der Waals surface area contributed by atoms with Crippen molar-refractivity contribution in [3.63, 3.8) is 0 Å². The molecule has 2 amide bonds. The van der Waals surface area contributed by atoms with Crippen molar-refractivity contribution in [2.75, 3.05) is 12.1 Å². The summed E-state index contributed by atoms with van der Waals surface area (Å²) < 4.78 is 15.6. The summed E-state index contributed by atoms with van der Waals surface area (Å²) in [6.45, 7) is 1.92. The molecule has 0 spiro atoms. The topological polar surface area (TPSA) is 102 Å². The van der Waals surface area contributed by atoms with Gasteiger partial charge in [-0.1, -0.05) is 12.1 Å². The van der Waals surface area contributed by atoms with Gasteiger partial charge in [-0.15, -0.1) is 0 Å². The number of amides is 2. The Morgan fingerprint density at radius 3 is 2.45 bits per heavy atom. The quantitative estimate of drug-likeness (QED) is 0.513. The minimum absolute atomic E-state index is 0.148. The van der Waals surface area contributed by atoms with Crippen LogP contribution in [0.15, 0.2) is 70.4 Å². The van der Waals surface area contributed by atoms with E-state index in [1.165, 1.54) is 6.26 Å². The Morgan fingerprint density at radius 2 is 1.69 bits per heavy atom. The molecule has 0 atom stereocenters. The monoisotopic (exact) mass is 391 g/mol. The Morgan fingerprint density at radius 1 is 0.931 bits per heavy atom. The Bertz CT molecular complexity index is 1070. The highest BCUT2D eigenvalue weighted by molar-refractivity contribution is 6.03. The number of carbonyl (C=O) groups excluding carboxylic acids is 2. The van der Waals surface area contributed by atoms with Gasteiger partial charge in [-0.05, 0) is 55.0 Å². The zero-order valence-electron chi connectivity index (χ0n) is 15.5. The van der Waals surface area contributed by atoms with E-state index < -0.39 is 0 Å². The maximum absolute atomic E-state index is 12.3. The number of fused-ring (bicyclic) bond motifs is 1. The average molecular weight is 391 g/mol. The van der Waals surface area contributed by atoms with E-state index in [0.717, 1.165) is 5.56 Å². The van der Waals surface area contributed by atoms with E-state index in [2.05, 4.69) is 15.8 Å². The van der Waals surface area contributed by atoms with Crippen LogP contribution in [0.3, 0.4) is 0 Å². The maximum Gasteiger partial charge on any atom is 0.291 e. The number of ether oxygens (including phenoxy) is 2. The fourth-order valence-electron chi connectivity index (χ4n) is 2.70.